The third kappa shape index (κ3) is 3.18. The number of benzene rings is 3. The first-order valence-corrected chi connectivity index (χ1v) is 9.64. The van der Waals surface area contributed by atoms with Crippen LogP contribution in [-0.2, 0) is 12.8 Å². The highest BCUT2D eigenvalue weighted by Crippen LogP contribution is 2.26. The average Bonchev–Trinajstić information content (AvgIpc) is 2.54. The van der Waals surface area contributed by atoms with Crippen molar-refractivity contribution in [1.82, 2.24) is 0 Å². The molecule has 0 spiro atoms. The van der Waals surface area contributed by atoms with Crippen molar-refractivity contribution in [1.29, 1.82) is 0 Å². The Bertz CT molecular complexity index is 834. The van der Waals surface area contributed by atoms with Crippen LogP contribution >= 0.6 is 45.2 Å². The van der Waals surface area contributed by atoms with E-state index in [0.717, 1.165) is 12.8 Å². The van der Waals surface area contributed by atoms with Crippen LogP contribution in [0.15, 0.2) is 48.5 Å². The lowest BCUT2D eigenvalue weighted by molar-refractivity contribution is 0.958. The van der Waals surface area contributed by atoms with Crippen molar-refractivity contribution in [3.05, 3.63) is 77.9 Å². The van der Waals surface area contributed by atoms with E-state index in [0.29, 0.717) is 0 Å². The zero-order valence-corrected chi connectivity index (χ0v) is 17.1. The molecule has 3 rings (SSSR count). The summed E-state index contributed by atoms with van der Waals surface area (Å²) in [6.07, 6.45) is 2.19. The van der Waals surface area contributed by atoms with Crippen molar-refractivity contribution >= 4 is 56.0 Å². The smallest absolute Gasteiger partial charge is 0.0298 e. The number of rotatable bonds is 3. The number of fused-ring (bicyclic) bond motifs is 1. The molecule has 0 amide bonds. The Balaban J connectivity index is 1.92. The van der Waals surface area contributed by atoms with Crippen molar-refractivity contribution in [2.75, 3.05) is 0 Å². The van der Waals surface area contributed by atoms with Gasteiger partial charge in [0.1, 0.15) is 0 Å². The molecule has 0 aromatic heterocycles. The van der Waals surface area contributed by atoms with Crippen LogP contribution in [0, 0.1) is 21.0 Å². The molecule has 0 nitrogen and oxygen atoms in total. The first-order valence-electron chi connectivity index (χ1n) is 7.48. The number of aryl methyl sites for hydroxylation is 4. The zero-order chi connectivity index (χ0) is 15.7. The molecule has 112 valence electrons. The minimum absolute atomic E-state index is 1.09. The number of hydrogen-bond acceptors (Lipinski definition) is 0. The molecule has 22 heavy (non-hydrogen) atoms. The quantitative estimate of drug-likeness (QED) is 0.354. The van der Waals surface area contributed by atoms with E-state index in [2.05, 4.69) is 108 Å². The van der Waals surface area contributed by atoms with Crippen molar-refractivity contribution in [2.24, 2.45) is 0 Å². The minimum Gasteiger partial charge on any atom is -0.0616 e. The summed E-state index contributed by atoms with van der Waals surface area (Å²) in [4.78, 5) is 0. The van der Waals surface area contributed by atoms with Gasteiger partial charge in [-0.2, -0.15) is 0 Å². The van der Waals surface area contributed by atoms with E-state index in [1.165, 1.54) is 40.2 Å². The third-order valence-electron chi connectivity index (χ3n) is 4.25. The van der Waals surface area contributed by atoms with Gasteiger partial charge in [-0.1, -0.05) is 48.5 Å². The molecule has 3 aromatic carbocycles. The van der Waals surface area contributed by atoms with Gasteiger partial charge in [-0.3, -0.25) is 0 Å². The Morgan fingerprint density at radius 2 is 1.23 bits per heavy atom. The van der Waals surface area contributed by atoms with Crippen molar-refractivity contribution < 1.29 is 0 Å². The fourth-order valence-corrected chi connectivity index (χ4v) is 4.28. The van der Waals surface area contributed by atoms with E-state index in [1.807, 2.05) is 0 Å². The summed E-state index contributed by atoms with van der Waals surface area (Å²) in [5.74, 6) is 0. The molecule has 0 saturated carbocycles. The van der Waals surface area contributed by atoms with Gasteiger partial charge >= 0.3 is 0 Å². The van der Waals surface area contributed by atoms with Crippen LogP contribution in [0.5, 0.6) is 0 Å². The fourth-order valence-electron chi connectivity index (χ4n) is 2.88. The normalized spacial score (nSPS) is 11.1. The molecule has 0 saturated heterocycles. The van der Waals surface area contributed by atoms with Gasteiger partial charge in [-0.25, -0.2) is 0 Å². The van der Waals surface area contributed by atoms with Crippen molar-refractivity contribution in [2.45, 2.75) is 26.7 Å². The van der Waals surface area contributed by atoms with Gasteiger partial charge in [0.15, 0.2) is 0 Å². The molecule has 2 heteroatoms. The zero-order valence-electron chi connectivity index (χ0n) is 12.8. The van der Waals surface area contributed by atoms with Gasteiger partial charge in [0.25, 0.3) is 0 Å². The van der Waals surface area contributed by atoms with Crippen LogP contribution < -0.4 is 0 Å². The predicted molar refractivity (Wildman–Crippen MR) is 113 cm³/mol. The van der Waals surface area contributed by atoms with Crippen LogP contribution in [0.3, 0.4) is 0 Å². The summed E-state index contributed by atoms with van der Waals surface area (Å²) in [6, 6.07) is 17.8. The van der Waals surface area contributed by atoms with Gasteiger partial charge in [0.05, 0.1) is 0 Å². The first-order chi connectivity index (χ1) is 10.6. The molecule has 0 aliphatic heterocycles. The first kappa shape index (κ1) is 16.2. The summed E-state index contributed by atoms with van der Waals surface area (Å²) in [5, 5.41) is 2.78. The topological polar surface area (TPSA) is 0 Å². The Labute approximate surface area is 159 Å². The molecule has 0 atom stereocenters. The molecule has 0 aliphatic rings. The second kappa shape index (κ2) is 6.87. The summed E-state index contributed by atoms with van der Waals surface area (Å²) >= 11 is 4.95. The van der Waals surface area contributed by atoms with E-state index in [9.17, 15) is 0 Å². The van der Waals surface area contributed by atoms with E-state index in [-0.39, 0.29) is 0 Å². The molecule has 0 N–H and O–H groups in total. The lowest BCUT2D eigenvalue weighted by Gasteiger charge is -2.11. The molecule has 0 bridgehead atoms. The molecule has 0 unspecified atom stereocenters. The molecular weight excluding hydrogens is 494 g/mol. The molecule has 3 aromatic rings. The second-order valence-electron chi connectivity index (χ2n) is 5.76. The Morgan fingerprint density at radius 1 is 0.636 bits per heavy atom. The lowest BCUT2D eigenvalue weighted by atomic mass is 9.96. The van der Waals surface area contributed by atoms with Crippen LogP contribution in [0.2, 0.25) is 0 Å². The highest BCUT2D eigenvalue weighted by molar-refractivity contribution is 14.1. The number of halogens is 2. The highest BCUT2D eigenvalue weighted by Gasteiger charge is 2.08. The molecule has 0 fully saturated rings. The highest BCUT2D eigenvalue weighted by atomic mass is 127. The summed E-state index contributed by atoms with van der Waals surface area (Å²) in [7, 11) is 0. The average molecular weight is 512 g/mol. The van der Waals surface area contributed by atoms with E-state index in [1.54, 1.807) is 0 Å². The van der Waals surface area contributed by atoms with Crippen LogP contribution in [0.1, 0.15) is 22.3 Å². The van der Waals surface area contributed by atoms with Crippen LogP contribution in [-0.4, -0.2) is 0 Å². The maximum atomic E-state index is 2.49. The predicted octanol–water partition coefficient (Wildman–Crippen LogP) is 6.45. The van der Waals surface area contributed by atoms with Gasteiger partial charge < -0.3 is 0 Å². The maximum absolute atomic E-state index is 2.49. The Morgan fingerprint density at radius 3 is 2.00 bits per heavy atom. The molecule has 0 heterocycles. The van der Waals surface area contributed by atoms with Crippen molar-refractivity contribution in [3.63, 3.8) is 0 Å². The summed E-state index contributed by atoms with van der Waals surface area (Å²) in [5.41, 5.74) is 5.64. The maximum Gasteiger partial charge on any atom is 0.0298 e. The fraction of sp³-hybridized carbons (Fsp3) is 0.200. The standard InChI is InChI=1S/C20H18I2/c1-13-7-9-15(18-6-4-3-5-17(13)18)11-12-16-10-8-14(2)19(21)20(16)22/h3-10H,11-12H2,1-2H3. The van der Waals surface area contributed by atoms with Gasteiger partial charge in [-0.15, -0.1) is 0 Å². The molecular formula is C20H18I2. The van der Waals surface area contributed by atoms with Gasteiger partial charge in [0.2, 0.25) is 0 Å². The largest absolute Gasteiger partial charge is 0.0616 e. The monoisotopic (exact) mass is 512 g/mol. The Kier molecular flexibility index (Phi) is 5.07. The van der Waals surface area contributed by atoms with Crippen LogP contribution in [0.25, 0.3) is 10.8 Å². The molecule has 0 aliphatic carbocycles. The second-order valence-corrected chi connectivity index (χ2v) is 7.91. The number of hydrogen-bond donors (Lipinski definition) is 0. The van der Waals surface area contributed by atoms with Crippen molar-refractivity contribution in [3.8, 4) is 0 Å². The van der Waals surface area contributed by atoms with E-state index >= 15 is 0 Å². The summed E-state index contributed by atoms with van der Waals surface area (Å²) < 4.78 is 2.80. The molecule has 0 radical (unpaired) electrons. The van der Waals surface area contributed by atoms with E-state index in [4.69, 9.17) is 0 Å². The third-order valence-corrected chi connectivity index (χ3v) is 7.91. The Hall–Kier alpha value is -0.620. The van der Waals surface area contributed by atoms with Gasteiger partial charge in [0, 0.05) is 7.14 Å². The summed E-state index contributed by atoms with van der Waals surface area (Å²) in [6.45, 7) is 4.37. The van der Waals surface area contributed by atoms with Gasteiger partial charge in [-0.05, 0) is 105 Å². The lowest BCUT2D eigenvalue weighted by Crippen LogP contribution is -1.98. The minimum atomic E-state index is 1.09. The SMILES string of the molecule is Cc1ccc(CCc2ccc(C)c3ccccc23)c(I)c1I. The van der Waals surface area contributed by atoms with E-state index < -0.39 is 0 Å². The van der Waals surface area contributed by atoms with Crippen LogP contribution in [0.4, 0.5) is 0 Å².